The monoisotopic (exact) mass is 268 g/mol. The number of amides is 1. The fourth-order valence-electron chi connectivity index (χ4n) is 3.56. The van der Waals surface area contributed by atoms with Crippen LogP contribution in [-0.2, 0) is 9.53 Å². The first-order valence-electron chi connectivity index (χ1n) is 7.43. The number of carbonyl (C=O) groups is 1. The third kappa shape index (κ3) is 3.48. The van der Waals surface area contributed by atoms with Gasteiger partial charge in [-0.05, 0) is 54.0 Å². The Kier molecular flexibility index (Phi) is 3.94. The second kappa shape index (κ2) is 5.06. The van der Waals surface area contributed by atoms with Crippen molar-refractivity contribution in [3.8, 4) is 0 Å². The van der Waals surface area contributed by atoms with E-state index in [2.05, 4.69) is 39.9 Å². The van der Waals surface area contributed by atoms with Gasteiger partial charge in [0.05, 0.1) is 17.1 Å². The summed E-state index contributed by atoms with van der Waals surface area (Å²) in [6.07, 6.45) is 2.10. The lowest BCUT2D eigenvalue weighted by Gasteiger charge is -2.48. The van der Waals surface area contributed by atoms with Crippen molar-refractivity contribution in [3.05, 3.63) is 0 Å². The van der Waals surface area contributed by atoms with Gasteiger partial charge in [0.1, 0.15) is 0 Å². The van der Waals surface area contributed by atoms with E-state index in [0.29, 0.717) is 19.0 Å². The highest BCUT2D eigenvalue weighted by Gasteiger charge is 2.42. The van der Waals surface area contributed by atoms with Crippen LogP contribution < -0.4 is 5.32 Å². The van der Waals surface area contributed by atoms with E-state index in [4.69, 9.17) is 4.74 Å². The Balaban J connectivity index is 2.09. The van der Waals surface area contributed by atoms with Crippen molar-refractivity contribution >= 4 is 5.91 Å². The molecule has 2 unspecified atom stereocenters. The van der Waals surface area contributed by atoms with Crippen LogP contribution >= 0.6 is 0 Å². The Labute approximate surface area is 116 Å². The van der Waals surface area contributed by atoms with Crippen LogP contribution in [0.25, 0.3) is 0 Å². The number of nitrogens with one attached hydrogen (secondary N) is 1. The van der Waals surface area contributed by atoms with Gasteiger partial charge < -0.3 is 15.0 Å². The van der Waals surface area contributed by atoms with E-state index in [1.165, 1.54) is 0 Å². The van der Waals surface area contributed by atoms with Crippen LogP contribution in [0.4, 0.5) is 0 Å². The molecule has 2 atom stereocenters. The topological polar surface area (TPSA) is 41.6 Å². The molecule has 0 aliphatic carbocycles. The van der Waals surface area contributed by atoms with Crippen molar-refractivity contribution in [2.45, 2.75) is 64.7 Å². The van der Waals surface area contributed by atoms with E-state index in [-0.39, 0.29) is 23.2 Å². The fourth-order valence-corrected chi connectivity index (χ4v) is 3.56. The van der Waals surface area contributed by atoms with Crippen molar-refractivity contribution < 1.29 is 9.53 Å². The molecule has 0 aromatic carbocycles. The zero-order chi connectivity index (χ0) is 14.3. The maximum Gasteiger partial charge on any atom is 0.227 e. The minimum Gasteiger partial charge on any atom is -0.366 e. The van der Waals surface area contributed by atoms with E-state index in [1.807, 2.05) is 4.90 Å². The Hall–Kier alpha value is -0.610. The van der Waals surface area contributed by atoms with Gasteiger partial charge in [0.25, 0.3) is 0 Å². The predicted octanol–water partition coefficient (Wildman–Crippen LogP) is 1.79. The van der Waals surface area contributed by atoms with Crippen LogP contribution in [0.2, 0.25) is 0 Å². The highest BCUT2D eigenvalue weighted by molar-refractivity contribution is 5.80. The maximum absolute atomic E-state index is 12.8. The molecule has 1 amide bonds. The molecule has 4 nitrogen and oxygen atoms in total. The summed E-state index contributed by atoms with van der Waals surface area (Å²) < 4.78 is 6.05. The van der Waals surface area contributed by atoms with Crippen molar-refractivity contribution in [2.24, 2.45) is 5.92 Å². The van der Waals surface area contributed by atoms with E-state index in [0.717, 1.165) is 19.4 Å². The number of piperidine rings is 1. The number of hydrogen-bond acceptors (Lipinski definition) is 3. The zero-order valence-electron chi connectivity index (χ0n) is 13.0. The average Bonchev–Trinajstić information content (AvgIpc) is 2.24. The summed E-state index contributed by atoms with van der Waals surface area (Å²) in [7, 11) is 0. The van der Waals surface area contributed by atoms with E-state index >= 15 is 0 Å². The fraction of sp³-hybridized carbons (Fsp3) is 0.933. The molecule has 0 aromatic rings. The zero-order valence-corrected chi connectivity index (χ0v) is 13.0. The summed E-state index contributed by atoms with van der Waals surface area (Å²) in [6, 6.07) is 0.287. The van der Waals surface area contributed by atoms with Crippen LogP contribution in [0.3, 0.4) is 0 Å². The summed E-state index contributed by atoms with van der Waals surface area (Å²) >= 11 is 0. The molecule has 2 aliphatic heterocycles. The Morgan fingerprint density at radius 2 is 1.79 bits per heavy atom. The first-order valence-corrected chi connectivity index (χ1v) is 7.43. The van der Waals surface area contributed by atoms with Gasteiger partial charge in [0.15, 0.2) is 0 Å². The summed E-state index contributed by atoms with van der Waals surface area (Å²) in [5.41, 5.74) is -0.522. The molecular weight excluding hydrogens is 240 g/mol. The van der Waals surface area contributed by atoms with Gasteiger partial charge in [-0.2, -0.15) is 0 Å². The summed E-state index contributed by atoms with van der Waals surface area (Å²) in [4.78, 5) is 14.8. The number of rotatable bonds is 1. The van der Waals surface area contributed by atoms with Gasteiger partial charge in [-0.3, -0.25) is 4.79 Å². The third-order valence-electron chi connectivity index (χ3n) is 4.09. The minimum atomic E-state index is -0.261. The molecular formula is C15H28N2O2. The SMILES string of the molecule is CC1NCCCC1C(=O)N1CC(C)(C)OC(C)(C)C1. The Morgan fingerprint density at radius 3 is 2.32 bits per heavy atom. The smallest absolute Gasteiger partial charge is 0.227 e. The molecule has 4 heteroatoms. The largest absolute Gasteiger partial charge is 0.366 e. The first-order chi connectivity index (χ1) is 8.70. The molecule has 2 heterocycles. The molecule has 110 valence electrons. The molecule has 0 spiro atoms. The average molecular weight is 268 g/mol. The molecule has 2 fully saturated rings. The molecule has 2 rings (SSSR count). The van der Waals surface area contributed by atoms with Gasteiger partial charge in [0.2, 0.25) is 5.91 Å². The van der Waals surface area contributed by atoms with Crippen molar-refractivity contribution in [1.29, 1.82) is 0 Å². The van der Waals surface area contributed by atoms with Gasteiger partial charge >= 0.3 is 0 Å². The highest BCUT2D eigenvalue weighted by Crippen LogP contribution is 2.30. The van der Waals surface area contributed by atoms with Gasteiger partial charge in [-0.25, -0.2) is 0 Å². The maximum atomic E-state index is 12.8. The number of morpholine rings is 1. The Morgan fingerprint density at radius 1 is 1.21 bits per heavy atom. The highest BCUT2D eigenvalue weighted by atomic mass is 16.5. The summed E-state index contributed by atoms with van der Waals surface area (Å²) in [5.74, 6) is 0.419. The van der Waals surface area contributed by atoms with Crippen LogP contribution in [0.15, 0.2) is 0 Å². The van der Waals surface area contributed by atoms with Crippen LogP contribution in [-0.4, -0.2) is 47.7 Å². The number of ether oxygens (including phenoxy) is 1. The molecule has 1 N–H and O–H groups in total. The molecule has 0 aromatic heterocycles. The number of hydrogen-bond donors (Lipinski definition) is 1. The number of carbonyl (C=O) groups excluding carboxylic acids is 1. The van der Waals surface area contributed by atoms with Gasteiger partial charge in [-0.15, -0.1) is 0 Å². The van der Waals surface area contributed by atoms with Crippen LogP contribution in [0.1, 0.15) is 47.5 Å². The van der Waals surface area contributed by atoms with Crippen molar-refractivity contribution in [2.75, 3.05) is 19.6 Å². The molecule has 0 saturated carbocycles. The van der Waals surface area contributed by atoms with Gasteiger partial charge in [-0.1, -0.05) is 0 Å². The molecule has 0 bridgehead atoms. The Bertz CT molecular complexity index is 336. The summed E-state index contributed by atoms with van der Waals surface area (Å²) in [5, 5.41) is 3.41. The minimum absolute atomic E-state index is 0.124. The molecule has 19 heavy (non-hydrogen) atoms. The van der Waals surface area contributed by atoms with E-state index in [1.54, 1.807) is 0 Å². The van der Waals surface area contributed by atoms with E-state index < -0.39 is 0 Å². The summed E-state index contributed by atoms with van der Waals surface area (Å²) in [6.45, 7) is 12.8. The van der Waals surface area contributed by atoms with Gasteiger partial charge in [0, 0.05) is 19.1 Å². The lowest BCUT2D eigenvalue weighted by molar-refractivity contribution is -0.190. The van der Waals surface area contributed by atoms with Crippen LogP contribution in [0, 0.1) is 5.92 Å². The third-order valence-corrected chi connectivity index (χ3v) is 4.09. The predicted molar refractivity (Wildman–Crippen MR) is 76.0 cm³/mol. The lowest BCUT2D eigenvalue weighted by atomic mass is 9.89. The molecule has 2 saturated heterocycles. The van der Waals surface area contributed by atoms with Crippen molar-refractivity contribution in [3.63, 3.8) is 0 Å². The standard InChI is InChI=1S/C15H28N2O2/c1-11-12(7-6-8-16-11)13(18)17-9-14(2,3)19-15(4,5)10-17/h11-12,16H,6-10H2,1-5H3. The van der Waals surface area contributed by atoms with Crippen molar-refractivity contribution in [1.82, 2.24) is 10.2 Å². The second-order valence-corrected chi connectivity index (χ2v) is 7.31. The molecule has 2 aliphatic rings. The first kappa shape index (κ1) is 14.8. The normalized spacial score (nSPS) is 34.1. The van der Waals surface area contributed by atoms with Crippen LogP contribution in [0.5, 0.6) is 0 Å². The second-order valence-electron chi connectivity index (χ2n) is 7.31. The molecule has 0 radical (unpaired) electrons. The lowest BCUT2D eigenvalue weighted by Crippen LogP contribution is -2.61. The number of nitrogens with zero attached hydrogens (tertiary/aromatic N) is 1. The van der Waals surface area contributed by atoms with E-state index in [9.17, 15) is 4.79 Å². The quantitative estimate of drug-likeness (QED) is 0.788.